The van der Waals surface area contributed by atoms with Crippen LogP contribution in [0.4, 0.5) is 4.79 Å². The second-order valence-electron chi connectivity index (χ2n) is 7.18. The minimum absolute atomic E-state index is 0.116. The van der Waals surface area contributed by atoms with E-state index in [2.05, 4.69) is 17.4 Å². The lowest BCUT2D eigenvalue weighted by Gasteiger charge is -2.22. The fraction of sp³-hybridized carbons (Fsp3) is 0.632. The average molecular weight is 330 g/mol. The molecular weight excluding hydrogens is 304 g/mol. The molecule has 5 heteroatoms. The van der Waals surface area contributed by atoms with Crippen LogP contribution in [0.3, 0.4) is 0 Å². The maximum absolute atomic E-state index is 12.6. The van der Waals surface area contributed by atoms with Crippen molar-refractivity contribution in [3.05, 3.63) is 23.8 Å². The molecule has 0 radical (unpaired) electrons. The zero-order valence-electron chi connectivity index (χ0n) is 14.1. The van der Waals surface area contributed by atoms with Gasteiger partial charge in [-0.25, -0.2) is 4.79 Å². The summed E-state index contributed by atoms with van der Waals surface area (Å²) in [4.78, 5) is 14.5. The predicted octanol–water partition coefficient (Wildman–Crippen LogP) is 3.64. The molecule has 130 valence electrons. The topological polar surface area (TPSA) is 50.8 Å². The standard InChI is InChI=1S/C19H26N2O3/c22-19(20-16-5-3-1-2-4-6-16)21-10-9-15(12-21)14-7-8-17-18(11-14)24-13-23-17/h7-8,11,15-16H,1-6,9-10,12-13H2,(H,20,22). The number of likely N-dealkylation sites (tertiary alicyclic amines) is 1. The molecule has 24 heavy (non-hydrogen) atoms. The molecule has 2 amide bonds. The van der Waals surface area contributed by atoms with Crippen LogP contribution < -0.4 is 14.8 Å². The van der Waals surface area contributed by atoms with Crippen molar-refractivity contribution >= 4 is 6.03 Å². The molecule has 0 aromatic heterocycles. The van der Waals surface area contributed by atoms with Gasteiger partial charge in [-0.2, -0.15) is 0 Å². The number of hydrogen-bond acceptors (Lipinski definition) is 3. The number of rotatable bonds is 2. The van der Waals surface area contributed by atoms with Gasteiger partial charge in [0.1, 0.15) is 0 Å². The summed E-state index contributed by atoms with van der Waals surface area (Å²) in [5.41, 5.74) is 1.24. The zero-order valence-corrected chi connectivity index (χ0v) is 14.1. The fourth-order valence-corrected chi connectivity index (χ4v) is 4.07. The van der Waals surface area contributed by atoms with E-state index >= 15 is 0 Å². The third kappa shape index (κ3) is 3.30. The highest BCUT2D eigenvalue weighted by molar-refractivity contribution is 5.75. The van der Waals surface area contributed by atoms with Gasteiger partial charge in [-0.15, -0.1) is 0 Å². The van der Waals surface area contributed by atoms with E-state index in [1.807, 2.05) is 11.0 Å². The second-order valence-corrected chi connectivity index (χ2v) is 7.18. The van der Waals surface area contributed by atoms with Gasteiger partial charge in [0.2, 0.25) is 6.79 Å². The minimum atomic E-state index is 0.116. The Labute approximate surface area is 143 Å². The van der Waals surface area contributed by atoms with Crippen LogP contribution >= 0.6 is 0 Å². The first-order valence-electron chi connectivity index (χ1n) is 9.24. The molecular formula is C19H26N2O3. The molecule has 1 unspecified atom stereocenters. The van der Waals surface area contributed by atoms with Crippen molar-refractivity contribution in [3.8, 4) is 11.5 Å². The molecule has 1 saturated carbocycles. The molecule has 1 N–H and O–H groups in total. The summed E-state index contributed by atoms with van der Waals surface area (Å²) in [7, 11) is 0. The van der Waals surface area contributed by atoms with Gasteiger partial charge < -0.3 is 19.7 Å². The van der Waals surface area contributed by atoms with Crippen molar-refractivity contribution in [3.63, 3.8) is 0 Å². The van der Waals surface area contributed by atoms with E-state index in [-0.39, 0.29) is 6.03 Å². The van der Waals surface area contributed by atoms with E-state index in [9.17, 15) is 4.79 Å². The van der Waals surface area contributed by atoms with Crippen molar-refractivity contribution in [1.82, 2.24) is 10.2 Å². The summed E-state index contributed by atoms with van der Waals surface area (Å²) in [5, 5.41) is 3.26. The van der Waals surface area contributed by atoms with E-state index in [4.69, 9.17) is 9.47 Å². The molecule has 2 heterocycles. The van der Waals surface area contributed by atoms with Crippen molar-refractivity contribution in [1.29, 1.82) is 0 Å². The van der Waals surface area contributed by atoms with Crippen LogP contribution in [0.2, 0.25) is 0 Å². The number of amides is 2. The molecule has 1 saturated heterocycles. The maximum Gasteiger partial charge on any atom is 0.317 e. The van der Waals surface area contributed by atoms with E-state index in [1.165, 1.54) is 31.2 Å². The summed E-state index contributed by atoms with van der Waals surface area (Å²) in [6.07, 6.45) is 8.37. The highest BCUT2D eigenvalue weighted by Gasteiger charge is 2.29. The van der Waals surface area contributed by atoms with Gasteiger partial charge in [-0.1, -0.05) is 31.7 Å². The number of fused-ring (bicyclic) bond motifs is 1. The Kier molecular flexibility index (Phi) is 4.50. The number of urea groups is 1. The normalized spacial score (nSPS) is 24.0. The molecule has 5 nitrogen and oxygen atoms in total. The molecule has 4 rings (SSSR count). The van der Waals surface area contributed by atoms with Crippen molar-refractivity contribution < 1.29 is 14.3 Å². The molecule has 1 atom stereocenters. The van der Waals surface area contributed by atoms with Gasteiger partial charge in [0.05, 0.1) is 0 Å². The summed E-state index contributed by atoms with van der Waals surface area (Å²) < 4.78 is 10.8. The van der Waals surface area contributed by atoms with Crippen LogP contribution in [0.1, 0.15) is 56.4 Å². The molecule has 3 aliphatic rings. The van der Waals surface area contributed by atoms with Gasteiger partial charge in [-0.05, 0) is 37.0 Å². The highest BCUT2D eigenvalue weighted by atomic mass is 16.7. The lowest BCUT2D eigenvalue weighted by molar-refractivity contribution is 0.174. The van der Waals surface area contributed by atoms with Crippen LogP contribution in [-0.2, 0) is 0 Å². The second kappa shape index (κ2) is 6.91. The molecule has 1 aromatic carbocycles. The van der Waals surface area contributed by atoms with Gasteiger partial charge >= 0.3 is 6.03 Å². The van der Waals surface area contributed by atoms with Crippen molar-refractivity contribution in [2.24, 2.45) is 0 Å². The SMILES string of the molecule is O=C(NC1CCCCCC1)N1CCC(c2ccc3c(c2)OCO3)C1. The van der Waals surface area contributed by atoms with Gasteiger partial charge in [-0.3, -0.25) is 0 Å². The number of carbonyl (C=O) groups is 1. The Balaban J connectivity index is 1.34. The first-order chi connectivity index (χ1) is 11.8. The predicted molar refractivity (Wildman–Crippen MR) is 91.5 cm³/mol. The number of carbonyl (C=O) groups excluding carboxylic acids is 1. The highest BCUT2D eigenvalue weighted by Crippen LogP contribution is 2.37. The number of ether oxygens (including phenoxy) is 2. The minimum Gasteiger partial charge on any atom is -0.454 e. The Bertz CT molecular complexity index is 596. The molecule has 0 spiro atoms. The molecule has 1 aromatic rings. The largest absolute Gasteiger partial charge is 0.454 e. The number of nitrogens with one attached hydrogen (secondary N) is 1. The first kappa shape index (κ1) is 15.6. The summed E-state index contributed by atoms with van der Waals surface area (Å²) in [6, 6.07) is 6.63. The summed E-state index contributed by atoms with van der Waals surface area (Å²) >= 11 is 0. The van der Waals surface area contributed by atoms with E-state index in [1.54, 1.807) is 0 Å². The van der Waals surface area contributed by atoms with E-state index in [0.29, 0.717) is 18.8 Å². The number of nitrogens with zero attached hydrogens (tertiary/aromatic N) is 1. The number of hydrogen-bond donors (Lipinski definition) is 1. The molecule has 2 fully saturated rings. The zero-order chi connectivity index (χ0) is 16.4. The third-order valence-electron chi connectivity index (χ3n) is 5.53. The summed E-state index contributed by atoms with van der Waals surface area (Å²) in [5.74, 6) is 2.04. The third-order valence-corrected chi connectivity index (χ3v) is 5.53. The average Bonchev–Trinajstić information content (AvgIpc) is 3.19. The van der Waals surface area contributed by atoms with Gasteiger partial charge in [0, 0.05) is 25.0 Å². The smallest absolute Gasteiger partial charge is 0.317 e. The lowest BCUT2D eigenvalue weighted by atomic mass is 9.98. The van der Waals surface area contributed by atoms with Crippen LogP contribution in [0, 0.1) is 0 Å². The maximum atomic E-state index is 12.6. The lowest BCUT2D eigenvalue weighted by Crippen LogP contribution is -2.43. The van der Waals surface area contributed by atoms with Crippen molar-refractivity contribution in [2.45, 2.75) is 56.9 Å². The van der Waals surface area contributed by atoms with Crippen LogP contribution in [-0.4, -0.2) is 36.9 Å². The monoisotopic (exact) mass is 330 g/mol. The fourth-order valence-electron chi connectivity index (χ4n) is 4.07. The van der Waals surface area contributed by atoms with E-state index < -0.39 is 0 Å². The molecule has 0 bridgehead atoms. The number of benzene rings is 1. The van der Waals surface area contributed by atoms with E-state index in [0.717, 1.165) is 43.9 Å². The molecule has 1 aliphatic carbocycles. The van der Waals surface area contributed by atoms with Crippen molar-refractivity contribution in [2.75, 3.05) is 19.9 Å². The Hall–Kier alpha value is -1.91. The Morgan fingerprint density at radius 3 is 2.67 bits per heavy atom. The van der Waals surface area contributed by atoms with Crippen LogP contribution in [0.5, 0.6) is 11.5 Å². The molecule has 2 aliphatic heterocycles. The quantitative estimate of drug-likeness (QED) is 0.842. The Morgan fingerprint density at radius 2 is 1.83 bits per heavy atom. The van der Waals surface area contributed by atoms with Crippen LogP contribution in [0.25, 0.3) is 0 Å². The van der Waals surface area contributed by atoms with Gasteiger partial charge in [0.15, 0.2) is 11.5 Å². The Morgan fingerprint density at radius 1 is 1.04 bits per heavy atom. The first-order valence-corrected chi connectivity index (χ1v) is 9.24. The van der Waals surface area contributed by atoms with Crippen LogP contribution in [0.15, 0.2) is 18.2 Å². The van der Waals surface area contributed by atoms with Gasteiger partial charge in [0.25, 0.3) is 0 Å². The summed E-state index contributed by atoms with van der Waals surface area (Å²) in [6.45, 7) is 1.93.